The minimum absolute atomic E-state index is 0.164. The van der Waals surface area contributed by atoms with E-state index in [1.807, 2.05) is 0 Å². The third kappa shape index (κ3) is 3.86. The van der Waals surface area contributed by atoms with Crippen LogP contribution in [0.1, 0.15) is 16.3 Å². The fourth-order valence-electron chi connectivity index (χ4n) is 2.17. The van der Waals surface area contributed by atoms with E-state index in [1.165, 1.54) is 30.6 Å². The highest BCUT2D eigenvalue weighted by Gasteiger charge is 2.14. The number of amides is 1. The monoisotopic (exact) mass is 362 g/mol. The largest absolute Gasteiger partial charge is 0.494 e. The van der Waals surface area contributed by atoms with Crippen LogP contribution in [0.3, 0.4) is 0 Å². The smallest absolute Gasteiger partial charge is 0.293 e. The molecule has 0 spiro atoms. The highest BCUT2D eigenvalue weighted by molar-refractivity contribution is 7.14. The fraction of sp³-hybridized carbons (Fsp3) is 0.176. The van der Waals surface area contributed by atoms with E-state index in [0.29, 0.717) is 22.1 Å². The number of ether oxygens (including phenoxy) is 2. The summed E-state index contributed by atoms with van der Waals surface area (Å²) in [4.78, 5) is 16.5. The average molecular weight is 362 g/mol. The van der Waals surface area contributed by atoms with E-state index in [1.54, 1.807) is 30.7 Å². The summed E-state index contributed by atoms with van der Waals surface area (Å²) in [6.07, 6.45) is 0. The quantitative estimate of drug-likeness (QED) is 0.719. The zero-order valence-corrected chi connectivity index (χ0v) is 14.4. The van der Waals surface area contributed by atoms with Crippen LogP contribution in [0.2, 0.25) is 0 Å². The molecule has 0 aliphatic rings. The topological polar surface area (TPSA) is 73.6 Å². The summed E-state index contributed by atoms with van der Waals surface area (Å²) in [5.74, 6) is 0.00155. The highest BCUT2D eigenvalue weighted by atomic mass is 32.1. The van der Waals surface area contributed by atoms with Gasteiger partial charge in [0.2, 0.25) is 0 Å². The maximum absolute atomic E-state index is 13.8. The molecule has 0 saturated carbocycles. The number of rotatable bonds is 6. The molecular weight excluding hydrogens is 347 g/mol. The summed E-state index contributed by atoms with van der Waals surface area (Å²) in [6.45, 7) is 0.289. The Kier molecular flexibility index (Phi) is 5.11. The molecule has 130 valence electrons. The third-order valence-corrected chi connectivity index (χ3v) is 4.10. The molecule has 1 amide bonds. The van der Waals surface area contributed by atoms with E-state index in [2.05, 4.69) is 10.3 Å². The van der Waals surface area contributed by atoms with Crippen molar-refractivity contribution in [3.05, 3.63) is 53.0 Å². The van der Waals surface area contributed by atoms with Crippen molar-refractivity contribution in [2.24, 2.45) is 0 Å². The summed E-state index contributed by atoms with van der Waals surface area (Å²) >= 11 is 1.24. The average Bonchev–Trinajstić information content (AvgIpc) is 3.25. The number of methoxy groups -OCH3 is 2. The lowest BCUT2D eigenvalue weighted by Gasteiger charge is -2.03. The molecule has 0 aliphatic carbocycles. The van der Waals surface area contributed by atoms with Gasteiger partial charge >= 0.3 is 0 Å². The predicted molar refractivity (Wildman–Crippen MR) is 91.4 cm³/mol. The number of nitrogens with zero attached hydrogens (tertiary/aromatic N) is 1. The number of benzene rings is 1. The normalized spacial score (nSPS) is 10.7. The number of thiazole rings is 1. The molecule has 1 aromatic carbocycles. The van der Waals surface area contributed by atoms with Crippen LogP contribution >= 0.6 is 11.3 Å². The van der Waals surface area contributed by atoms with Crippen LogP contribution in [0, 0.1) is 5.82 Å². The lowest BCUT2D eigenvalue weighted by atomic mass is 10.1. The number of hydrogen-bond acceptors (Lipinski definition) is 6. The lowest BCUT2D eigenvalue weighted by Crippen LogP contribution is -2.10. The number of carbonyl (C=O) groups excluding carboxylic acids is 1. The second-order valence-electron chi connectivity index (χ2n) is 5.04. The SMILES string of the molecule is COCc1ccc(C(=O)Nc2nc(-c3ccc(OC)c(F)c3)cs2)o1. The van der Waals surface area contributed by atoms with Crippen LogP contribution in [0.15, 0.2) is 40.1 Å². The van der Waals surface area contributed by atoms with Gasteiger partial charge in [-0.2, -0.15) is 0 Å². The van der Waals surface area contributed by atoms with Crippen LogP contribution in [-0.2, 0) is 11.3 Å². The summed E-state index contributed by atoms with van der Waals surface area (Å²) in [5, 5.41) is 4.78. The van der Waals surface area contributed by atoms with Crippen molar-refractivity contribution in [2.75, 3.05) is 19.5 Å². The van der Waals surface area contributed by atoms with E-state index in [0.717, 1.165) is 0 Å². The third-order valence-electron chi connectivity index (χ3n) is 3.34. The first-order valence-corrected chi connectivity index (χ1v) is 8.17. The van der Waals surface area contributed by atoms with Gasteiger partial charge < -0.3 is 13.9 Å². The van der Waals surface area contributed by atoms with E-state index >= 15 is 0 Å². The summed E-state index contributed by atoms with van der Waals surface area (Å²) in [7, 11) is 2.95. The van der Waals surface area contributed by atoms with Crippen LogP contribution in [0.25, 0.3) is 11.3 Å². The molecule has 2 aromatic heterocycles. The number of halogens is 1. The van der Waals surface area contributed by atoms with Crippen LogP contribution in [0.4, 0.5) is 9.52 Å². The number of carbonyl (C=O) groups is 1. The number of anilines is 1. The molecule has 25 heavy (non-hydrogen) atoms. The number of furan rings is 1. The molecule has 0 atom stereocenters. The van der Waals surface area contributed by atoms with Crippen molar-refractivity contribution in [1.29, 1.82) is 0 Å². The molecule has 0 fully saturated rings. The minimum Gasteiger partial charge on any atom is -0.494 e. The zero-order valence-electron chi connectivity index (χ0n) is 13.5. The summed E-state index contributed by atoms with van der Waals surface area (Å²) in [6, 6.07) is 7.81. The zero-order chi connectivity index (χ0) is 17.8. The first kappa shape index (κ1) is 17.1. The van der Waals surface area contributed by atoms with E-state index in [4.69, 9.17) is 13.9 Å². The second-order valence-corrected chi connectivity index (χ2v) is 5.90. The van der Waals surface area contributed by atoms with Gasteiger partial charge in [0.25, 0.3) is 5.91 Å². The molecule has 0 saturated heterocycles. The van der Waals surface area contributed by atoms with Gasteiger partial charge in [0, 0.05) is 18.1 Å². The first-order chi connectivity index (χ1) is 12.1. The Labute approximate surface area is 147 Å². The minimum atomic E-state index is -0.472. The number of nitrogens with one attached hydrogen (secondary N) is 1. The molecule has 0 aliphatic heterocycles. The van der Waals surface area contributed by atoms with Crippen LogP contribution in [-0.4, -0.2) is 25.1 Å². The van der Waals surface area contributed by atoms with Gasteiger partial charge in [0.1, 0.15) is 12.4 Å². The summed E-state index contributed by atoms with van der Waals surface area (Å²) < 4.78 is 29.0. The first-order valence-electron chi connectivity index (χ1n) is 7.29. The second kappa shape index (κ2) is 7.45. The Balaban J connectivity index is 1.72. The van der Waals surface area contributed by atoms with Crippen molar-refractivity contribution in [3.8, 4) is 17.0 Å². The van der Waals surface area contributed by atoms with Crippen molar-refractivity contribution in [1.82, 2.24) is 4.98 Å². The van der Waals surface area contributed by atoms with Gasteiger partial charge in [-0.25, -0.2) is 9.37 Å². The Morgan fingerprint density at radius 3 is 2.88 bits per heavy atom. The molecule has 2 heterocycles. The van der Waals surface area contributed by atoms with Gasteiger partial charge in [0.15, 0.2) is 22.5 Å². The van der Waals surface area contributed by atoms with E-state index in [9.17, 15) is 9.18 Å². The fourth-order valence-corrected chi connectivity index (χ4v) is 2.88. The van der Waals surface area contributed by atoms with Crippen LogP contribution in [0.5, 0.6) is 5.75 Å². The molecule has 8 heteroatoms. The molecule has 0 radical (unpaired) electrons. The van der Waals surface area contributed by atoms with Gasteiger partial charge in [-0.15, -0.1) is 11.3 Å². The maximum Gasteiger partial charge on any atom is 0.293 e. The van der Waals surface area contributed by atoms with Crippen molar-refractivity contribution < 1.29 is 23.1 Å². The molecule has 0 bridgehead atoms. The van der Waals surface area contributed by atoms with Crippen molar-refractivity contribution in [2.45, 2.75) is 6.61 Å². The Morgan fingerprint density at radius 1 is 1.32 bits per heavy atom. The van der Waals surface area contributed by atoms with Crippen LogP contribution < -0.4 is 10.1 Å². The van der Waals surface area contributed by atoms with E-state index < -0.39 is 11.7 Å². The maximum atomic E-state index is 13.8. The molecule has 1 N–H and O–H groups in total. The number of hydrogen-bond donors (Lipinski definition) is 1. The molecule has 6 nitrogen and oxygen atoms in total. The molecular formula is C17H15FN2O4S. The highest BCUT2D eigenvalue weighted by Crippen LogP contribution is 2.28. The van der Waals surface area contributed by atoms with Gasteiger partial charge in [-0.3, -0.25) is 10.1 Å². The van der Waals surface area contributed by atoms with Crippen molar-refractivity contribution in [3.63, 3.8) is 0 Å². The standard InChI is InChI=1S/C17H15FN2O4S/c1-22-8-11-4-6-15(24-11)16(21)20-17-19-13(9-25-17)10-3-5-14(23-2)12(18)7-10/h3-7,9H,8H2,1-2H3,(H,19,20,21). The lowest BCUT2D eigenvalue weighted by molar-refractivity contribution is 0.0987. The predicted octanol–water partition coefficient (Wildman–Crippen LogP) is 3.95. The summed E-state index contributed by atoms with van der Waals surface area (Å²) in [5.41, 5.74) is 1.15. The Bertz CT molecular complexity index is 890. The van der Waals surface area contributed by atoms with E-state index in [-0.39, 0.29) is 18.1 Å². The Hall–Kier alpha value is -2.71. The molecule has 3 rings (SSSR count). The number of aromatic nitrogens is 1. The molecule has 3 aromatic rings. The van der Waals surface area contributed by atoms with Crippen molar-refractivity contribution >= 4 is 22.4 Å². The van der Waals surface area contributed by atoms with Gasteiger partial charge in [0.05, 0.1) is 12.8 Å². The van der Waals surface area contributed by atoms with Gasteiger partial charge in [-0.1, -0.05) is 0 Å². The Morgan fingerprint density at radius 2 is 2.16 bits per heavy atom. The van der Waals surface area contributed by atoms with Gasteiger partial charge in [-0.05, 0) is 30.3 Å². The molecule has 0 unspecified atom stereocenters.